The van der Waals surface area contributed by atoms with Crippen molar-refractivity contribution in [3.05, 3.63) is 38.5 Å². The third-order valence-corrected chi connectivity index (χ3v) is 2.70. The molecule has 0 aliphatic carbocycles. The van der Waals surface area contributed by atoms with E-state index in [4.69, 9.17) is 0 Å². The van der Waals surface area contributed by atoms with Gasteiger partial charge in [0.05, 0.1) is 15.5 Å². The van der Waals surface area contributed by atoms with Crippen LogP contribution in [0.2, 0.25) is 0 Å². The van der Waals surface area contributed by atoms with Crippen LogP contribution in [0.3, 0.4) is 0 Å². The molecule has 0 saturated carbocycles. The summed E-state index contributed by atoms with van der Waals surface area (Å²) in [4.78, 5) is 17.8. The molecule has 1 aromatic carbocycles. The van der Waals surface area contributed by atoms with E-state index in [1.165, 1.54) is 12.1 Å². The Morgan fingerprint density at radius 3 is 2.62 bits per heavy atom. The molecular formula is C11H12BrFN2O. The number of nitrogens with one attached hydrogen (secondary N) is 1. The van der Waals surface area contributed by atoms with E-state index in [1.807, 2.05) is 13.8 Å². The Balaban J connectivity index is 0.000000606. The number of hydrogen-bond acceptors (Lipinski definition) is 2. The van der Waals surface area contributed by atoms with Crippen LogP contribution in [-0.4, -0.2) is 9.97 Å². The number of halogens is 2. The molecule has 2 aromatic rings. The maximum Gasteiger partial charge on any atom is 0.269 e. The van der Waals surface area contributed by atoms with E-state index in [0.29, 0.717) is 16.7 Å². The summed E-state index contributed by atoms with van der Waals surface area (Å²) in [7, 11) is 0. The van der Waals surface area contributed by atoms with Crippen LogP contribution in [0, 0.1) is 12.7 Å². The van der Waals surface area contributed by atoms with Gasteiger partial charge in [-0.15, -0.1) is 0 Å². The second kappa shape index (κ2) is 5.21. The monoisotopic (exact) mass is 286 g/mol. The molecule has 0 fully saturated rings. The summed E-state index contributed by atoms with van der Waals surface area (Å²) < 4.78 is 13.3. The number of aromatic amines is 1. The smallest absolute Gasteiger partial charge is 0.269 e. The van der Waals surface area contributed by atoms with Crippen molar-refractivity contribution in [3.63, 3.8) is 0 Å². The number of aryl methyl sites for hydroxylation is 1. The van der Waals surface area contributed by atoms with Gasteiger partial charge in [0.25, 0.3) is 5.56 Å². The van der Waals surface area contributed by atoms with Gasteiger partial charge in [-0.1, -0.05) is 13.8 Å². The molecule has 0 aliphatic heterocycles. The first-order chi connectivity index (χ1) is 7.59. The minimum Gasteiger partial charge on any atom is -0.318 e. The van der Waals surface area contributed by atoms with Crippen LogP contribution in [0.25, 0.3) is 11.0 Å². The lowest BCUT2D eigenvalue weighted by Crippen LogP contribution is -2.11. The van der Waals surface area contributed by atoms with Gasteiger partial charge in [-0.05, 0) is 35.0 Å². The number of rotatable bonds is 0. The Labute approximate surface area is 101 Å². The van der Waals surface area contributed by atoms with Crippen molar-refractivity contribution < 1.29 is 4.39 Å². The zero-order chi connectivity index (χ0) is 12.3. The van der Waals surface area contributed by atoms with Crippen LogP contribution < -0.4 is 5.56 Å². The molecule has 0 saturated heterocycles. The SMILES string of the molecule is CC.Cc1nc2ccc(F)c(Br)c2[nH]c1=O. The zero-order valence-electron chi connectivity index (χ0n) is 9.27. The summed E-state index contributed by atoms with van der Waals surface area (Å²) in [6, 6.07) is 2.83. The highest BCUT2D eigenvalue weighted by atomic mass is 79.9. The van der Waals surface area contributed by atoms with Gasteiger partial charge >= 0.3 is 0 Å². The highest BCUT2D eigenvalue weighted by molar-refractivity contribution is 9.10. The van der Waals surface area contributed by atoms with Crippen molar-refractivity contribution in [2.75, 3.05) is 0 Å². The van der Waals surface area contributed by atoms with E-state index in [9.17, 15) is 9.18 Å². The Kier molecular flexibility index (Phi) is 4.18. The fourth-order valence-electron chi connectivity index (χ4n) is 1.19. The molecule has 0 unspecified atom stereocenters. The summed E-state index contributed by atoms with van der Waals surface area (Å²) in [6.45, 7) is 5.61. The van der Waals surface area contributed by atoms with E-state index in [1.54, 1.807) is 6.92 Å². The minimum absolute atomic E-state index is 0.236. The van der Waals surface area contributed by atoms with Gasteiger partial charge in [-0.2, -0.15) is 0 Å². The fourth-order valence-corrected chi connectivity index (χ4v) is 1.62. The summed E-state index contributed by atoms with van der Waals surface area (Å²) in [5.74, 6) is -0.418. The summed E-state index contributed by atoms with van der Waals surface area (Å²) in [5.41, 5.74) is 1.02. The molecule has 0 bridgehead atoms. The van der Waals surface area contributed by atoms with Gasteiger partial charge in [0, 0.05) is 0 Å². The highest BCUT2D eigenvalue weighted by Crippen LogP contribution is 2.22. The number of fused-ring (bicyclic) bond motifs is 1. The average Bonchev–Trinajstić information content (AvgIpc) is 2.30. The molecule has 0 amide bonds. The molecule has 0 spiro atoms. The molecule has 5 heteroatoms. The normalized spacial score (nSPS) is 9.81. The van der Waals surface area contributed by atoms with Crippen molar-refractivity contribution in [1.82, 2.24) is 9.97 Å². The number of benzene rings is 1. The van der Waals surface area contributed by atoms with Crippen LogP contribution in [0.15, 0.2) is 21.4 Å². The third-order valence-electron chi connectivity index (χ3n) is 1.93. The van der Waals surface area contributed by atoms with Gasteiger partial charge in [0.2, 0.25) is 0 Å². The lowest BCUT2D eigenvalue weighted by Gasteiger charge is -2.01. The summed E-state index contributed by atoms with van der Waals surface area (Å²) >= 11 is 3.05. The fraction of sp³-hybridized carbons (Fsp3) is 0.273. The van der Waals surface area contributed by atoms with Gasteiger partial charge in [0.15, 0.2) is 0 Å². The van der Waals surface area contributed by atoms with Gasteiger partial charge in [0.1, 0.15) is 11.5 Å². The van der Waals surface area contributed by atoms with Crippen molar-refractivity contribution in [1.29, 1.82) is 0 Å². The average molecular weight is 287 g/mol. The summed E-state index contributed by atoms with van der Waals surface area (Å²) in [6.07, 6.45) is 0. The van der Waals surface area contributed by atoms with E-state index < -0.39 is 5.82 Å². The molecule has 86 valence electrons. The van der Waals surface area contributed by atoms with E-state index in [2.05, 4.69) is 25.9 Å². The molecule has 0 aliphatic rings. The van der Waals surface area contributed by atoms with Crippen LogP contribution >= 0.6 is 15.9 Å². The quantitative estimate of drug-likeness (QED) is 0.809. The third kappa shape index (κ3) is 2.29. The van der Waals surface area contributed by atoms with E-state index in [-0.39, 0.29) is 10.0 Å². The molecule has 0 atom stereocenters. The van der Waals surface area contributed by atoms with Crippen LogP contribution in [0.5, 0.6) is 0 Å². The predicted octanol–water partition coefficient (Wildman–Crippen LogP) is 3.16. The Bertz CT molecular complexity index is 566. The summed E-state index contributed by atoms with van der Waals surface area (Å²) in [5, 5.41) is 0. The first-order valence-electron chi connectivity index (χ1n) is 4.94. The number of hydrogen-bond donors (Lipinski definition) is 1. The molecule has 1 heterocycles. The van der Waals surface area contributed by atoms with Gasteiger partial charge < -0.3 is 4.98 Å². The predicted molar refractivity (Wildman–Crippen MR) is 66.1 cm³/mol. The maximum absolute atomic E-state index is 13.1. The van der Waals surface area contributed by atoms with Gasteiger partial charge in [-0.3, -0.25) is 4.79 Å². The molecule has 0 radical (unpaired) electrons. The minimum atomic E-state index is -0.418. The Hall–Kier alpha value is -1.23. The van der Waals surface area contributed by atoms with Crippen LogP contribution in [0.1, 0.15) is 19.5 Å². The number of nitrogens with zero attached hydrogens (tertiary/aromatic N) is 1. The second-order valence-corrected chi connectivity index (χ2v) is 3.70. The number of aromatic nitrogens is 2. The lowest BCUT2D eigenvalue weighted by atomic mass is 10.3. The molecule has 16 heavy (non-hydrogen) atoms. The number of H-pyrrole nitrogens is 1. The van der Waals surface area contributed by atoms with Crippen LogP contribution in [0.4, 0.5) is 4.39 Å². The molecular weight excluding hydrogens is 275 g/mol. The van der Waals surface area contributed by atoms with E-state index >= 15 is 0 Å². The molecule has 2 rings (SSSR count). The zero-order valence-corrected chi connectivity index (χ0v) is 10.9. The second-order valence-electron chi connectivity index (χ2n) is 2.91. The molecule has 3 nitrogen and oxygen atoms in total. The first kappa shape index (κ1) is 12.8. The van der Waals surface area contributed by atoms with Crippen molar-refractivity contribution in [2.45, 2.75) is 20.8 Å². The van der Waals surface area contributed by atoms with Crippen molar-refractivity contribution in [2.24, 2.45) is 0 Å². The largest absolute Gasteiger partial charge is 0.318 e. The van der Waals surface area contributed by atoms with Crippen molar-refractivity contribution in [3.8, 4) is 0 Å². The van der Waals surface area contributed by atoms with Crippen molar-refractivity contribution >= 4 is 27.0 Å². The van der Waals surface area contributed by atoms with Gasteiger partial charge in [-0.25, -0.2) is 9.37 Å². The maximum atomic E-state index is 13.1. The molecule has 1 aromatic heterocycles. The Morgan fingerprint density at radius 1 is 1.38 bits per heavy atom. The first-order valence-corrected chi connectivity index (χ1v) is 5.73. The highest BCUT2D eigenvalue weighted by Gasteiger charge is 2.07. The standard InChI is InChI=1S/C9H6BrFN2O.C2H6/c1-4-9(14)13-8-6(12-4)3-2-5(11)7(8)10;1-2/h2-3H,1H3,(H,13,14);1-2H3. The lowest BCUT2D eigenvalue weighted by molar-refractivity contribution is 0.622. The Morgan fingerprint density at radius 2 is 2.00 bits per heavy atom. The van der Waals surface area contributed by atoms with E-state index in [0.717, 1.165) is 0 Å². The van der Waals surface area contributed by atoms with Crippen LogP contribution in [-0.2, 0) is 0 Å². The topological polar surface area (TPSA) is 45.8 Å². The molecule has 1 N–H and O–H groups in total.